The normalized spacial score (nSPS) is 32.4. The quantitative estimate of drug-likeness (QED) is 0.829. The molecule has 2 atom stereocenters. The third-order valence-corrected chi connectivity index (χ3v) is 3.61. The Kier molecular flexibility index (Phi) is 2.39. The standard InChI is InChI=1S/C9H14BrN3O/c1-9(4-3-6(14)5-9)7-8(10)11-12-13(7)2/h6,14H,3-5H2,1-2H3. The van der Waals surface area contributed by atoms with Crippen molar-refractivity contribution in [3.05, 3.63) is 10.3 Å². The fourth-order valence-corrected chi connectivity index (χ4v) is 3.20. The molecule has 1 aliphatic rings. The van der Waals surface area contributed by atoms with Crippen LogP contribution in [0.15, 0.2) is 4.60 Å². The Labute approximate surface area is 91.4 Å². The van der Waals surface area contributed by atoms with Gasteiger partial charge in [-0.05, 0) is 35.2 Å². The summed E-state index contributed by atoms with van der Waals surface area (Å²) in [7, 11) is 1.89. The molecule has 1 saturated carbocycles. The van der Waals surface area contributed by atoms with Crippen LogP contribution in [0.2, 0.25) is 0 Å². The highest BCUT2D eigenvalue weighted by molar-refractivity contribution is 9.10. The molecule has 1 fully saturated rings. The molecule has 1 aromatic rings. The highest BCUT2D eigenvalue weighted by Crippen LogP contribution is 2.42. The van der Waals surface area contributed by atoms with E-state index < -0.39 is 0 Å². The molecule has 1 heterocycles. The molecule has 14 heavy (non-hydrogen) atoms. The van der Waals surface area contributed by atoms with Crippen LogP contribution in [0.1, 0.15) is 31.9 Å². The topological polar surface area (TPSA) is 50.9 Å². The Balaban J connectivity index is 2.39. The summed E-state index contributed by atoms with van der Waals surface area (Å²) in [5.41, 5.74) is 1.10. The van der Waals surface area contributed by atoms with Gasteiger partial charge in [0.1, 0.15) is 0 Å². The maximum absolute atomic E-state index is 9.58. The third-order valence-electron chi connectivity index (χ3n) is 3.07. The summed E-state index contributed by atoms with van der Waals surface area (Å²) in [5, 5.41) is 17.5. The van der Waals surface area contributed by atoms with Crippen LogP contribution < -0.4 is 0 Å². The van der Waals surface area contributed by atoms with Gasteiger partial charge in [-0.15, -0.1) is 5.10 Å². The molecular formula is C9H14BrN3O. The van der Waals surface area contributed by atoms with Crippen molar-refractivity contribution < 1.29 is 5.11 Å². The predicted octanol–water partition coefficient (Wildman–Crippen LogP) is 1.38. The van der Waals surface area contributed by atoms with Crippen molar-refractivity contribution >= 4 is 15.9 Å². The largest absolute Gasteiger partial charge is 0.393 e. The van der Waals surface area contributed by atoms with Crippen LogP contribution in [0.25, 0.3) is 0 Å². The Morgan fingerprint density at radius 1 is 1.64 bits per heavy atom. The molecule has 0 saturated heterocycles. The molecule has 0 bridgehead atoms. The molecule has 0 radical (unpaired) electrons. The summed E-state index contributed by atoms with van der Waals surface area (Å²) in [4.78, 5) is 0. The van der Waals surface area contributed by atoms with Crippen molar-refractivity contribution in [1.29, 1.82) is 0 Å². The lowest BCUT2D eigenvalue weighted by atomic mass is 9.85. The van der Waals surface area contributed by atoms with E-state index >= 15 is 0 Å². The second kappa shape index (κ2) is 3.31. The van der Waals surface area contributed by atoms with Gasteiger partial charge in [-0.25, -0.2) is 0 Å². The van der Waals surface area contributed by atoms with E-state index in [1.807, 2.05) is 7.05 Å². The number of halogens is 1. The van der Waals surface area contributed by atoms with Crippen molar-refractivity contribution in [3.8, 4) is 0 Å². The van der Waals surface area contributed by atoms with Crippen molar-refractivity contribution in [2.75, 3.05) is 0 Å². The SMILES string of the molecule is Cn1nnc(Br)c1C1(C)CCC(O)C1. The van der Waals surface area contributed by atoms with Gasteiger partial charge in [0.25, 0.3) is 0 Å². The van der Waals surface area contributed by atoms with Crippen LogP contribution in [0, 0.1) is 0 Å². The zero-order valence-corrected chi connectivity index (χ0v) is 9.95. The lowest BCUT2D eigenvalue weighted by molar-refractivity contribution is 0.174. The first-order valence-corrected chi connectivity index (χ1v) is 5.56. The first-order chi connectivity index (χ1) is 6.53. The average molecular weight is 260 g/mol. The molecule has 1 aromatic heterocycles. The molecule has 2 unspecified atom stereocenters. The van der Waals surface area contributed by atoms with Crippen LogP contribution >= 0.6 is 15.9 Å². The van der Waals surface area contributed by atoms with Gasteiger partial charge < -0.3 is 5.11 Å². The van der Waals surface area contributed by atoms with E-state index in [0.29, 0.717) is 0 Å². The maximum atomic E-state index is 9.58. The molecule has 0 aliphatic heterocycles. The number of hydrogen-bond donors (Lipinski definition) is 1. The van der Waals surface area contributed by atoms with E-state index in [-0.39, 0.29) is 11.5 Å². The van der Waals surface area contributed by atoms with Gasteiger partial charge in [0.2, 0.25) is 0 Å². The van der Waals surface area contributed by atoms with Gasteiger partial charge in [-0.3, -0.25) is 4.68 Å². The minimum Gasteiger partial charge on any atom is -0.393 e. The second-order valence-corrected chi connectivity index (χ2v) is 5.06. The number of aliphatic hydroxyl groups excluding tert-OH is 1. The van der Waals surface area contributed by atoms with Gasteiger partial charge >= 0.3 is 0 Å². The first kappa shape index (κ1) is 10.1. The molecule has 0 aromatic carbocycles. The van der Waals surface area contributed by atoms with E-state index in [1.54, 1.807) is 4.68 Å². The molecule has 4 nitrogen and oxygen atoms in total. The van der Waals surface area contributed by atoms with Gasteiger partial charge in [0, 0.05) is 12.5 Å². The summed E-state index contributed by atoms with van der Waals surface area (Å²) in [6, 6.07) is 0. The number of aryl methyl sites for hydroxylation is 1. The van der Waals surface area contributed by atoms with Gasteiger partial charge in [-0.2, -0.15) is 0 Å². The van der Waals surface area contributed by atoms with Crippen molar-refractivity contribution in [1.82, 2.24) is 15.0 Å². The lowest BCUT2D eigenvalue weighted by Crippen LogP contribution is -2.23. The average Bonchev–Trinajstić information content (AvgIpc) is 2.58. The highest BCUT2D eigenvalue weighted by Gasteiger charge is 2.39. The van der Waals surface area contributed by atoms with Crippen LogP contribution in [-0.2, 0) is 12.5 Å². The molecule has 2 rings (SSSR count). The minimum atomic E-state index is -0.179. The van der Waals surface area contributed by atoms with Crippen LogP contribution in [0.4, 0.5) is 0 Å². The monoisotopic (exact) mass is 259 g/mol. The fourth-order valence-electron chi connectivity index (χ4n) is 2.40. The lowest BCUT2D eigenvalue weighted by Gasteiger charge is -2.23. The summed E-state index contributed by atoms with van der Waals surface area (Å²) in [5.74, 6) is 0. The number of rotatable bonds is 1. The Hall–Kier alpha value is -0.420. The molecular weight excluding hydrogens is 246 g/mol. The first-order valence-electron chi connectivity index (χ1n) is 4.77. The maximum Gasteiger partial charge on any atom is 0.152 e. The van der Waals surface area contributed by atoms with Gasteiger partial charge in [0.05, 0.1) is 11.8 Å². The molecule has 1 N–H and O–H groups in total. The van der Waals surface area contributed by atoms with E-state index in [1.165, 1.54) is 0 Å². The predicted molar refractivity (Wildman–Crippen MR) is 55.9 cm³/mol. The summed E-state index contributed by atoms with van der Waals surface area (Å²) >= 11 is 3.41. The Morgan fingerprint density at radius 2 is 2.36 bits per heavy atom. The van der Waals surface area contributed by atoms with E-state index in [2.05, 4.69) is 33.2 Å². The molecule has 1 aliphatic carbocycles. The molecule has 0 amide bonds. The van der Waals surface area contributed by atoms with Crippen molar-refractivity contribution in [2.24, 2.45) is 7.05 Å². The number of hydrogen-bond acceptors (Lipinski definition) is 3. The highest BCUT2D eigenvalue weighted by atomic mass is 79.9. The second-order valence-electron chi connectivity index (χ2n) is 4.31. The van der Waals surface area contributed by atoms with Crippen molar-refractivity contribution in [2.45, 2.75) is 37.7 Å². The molecule has 78 valence electrons. The van der Waals surface area contributed by atoms with E-state index in [0.717, 1.165) is 29.6 Å². The zero-order chi connectivity index (χ0) is 10.3. The van der Waals surface area contributed by atoms with Crippen LogP contribution in [-0.4, -0.2) is 26.2 Å². The Morgan fingerprint density at radius 3 is 2.79 bits per heavy atom. The molecule has 0 spiro atoms. The zero-order valence-electron chi connectivity index (χ0n) is 8.37. The van der Waals surface area contributed by atoms with Crippen molar-refractivity contribution in [3.63, 3.8) is 0 Å². The number of nitrogens with zero attached hydrogens (tertiary/aromatic N) is 3. The summed E-state index contributed by atoms with van der Waals surface area (Å²) < 4.78 is 2.60. The minimum absolute atomic E-state index is 0.0104. The van der Waals surface area contributed by atoms with E-state index in [4.69, 9.17) is 0 Å². The Bertz CT molecular complexity index is 332. The fraction of sp³-hybridized carbons (Fsp3) is 0.778. The smallest absolute Gasteiger partial charge is 0.152 e. The van der Waals surface area contributed by atoms with Crippen LogP contribution in [0.3, 0.4) is 0 Å². The number of aromatic nitrogens is 3. The molecule has 5 heteroatoms. The van der Waals surface area contributed by atoms with E-state index in [9.17, 15) is 5.11 Å². The number of aliphatic hydroxyl groups is 1. The summed E-state index contributed by atoms with van der Waals surface area (Å²) in [6.45, 7) is 2.16. The summed E-state index contributed by atoms with van der Waals surface area (Å²) in [6.07, 6.45) is 2.48. The third kappa shape index (κ3) is 1.48. The van der Waals surface area contributed by atoms with Gasteiger partial charge in [-0.1, -0.05) is 12.1 Å². The van der Waals surface area contributed by atoms with Crippen LogP contribution in [0.5, 0.6) is 0 Å². The van der Waals surface area contributed by atoms with Gasteiger partial charge in [0.15, 0.2) is 4.60 Å².